The normalized spacial score (nSPS) is 12.3. The van der Waals surface area contributed by atoms with Gasteiger partial charge in [-0.1, -0.05) is 12.1 Å². The number of H-pyrrole nitrogens is 1. The molecule has 1 aromatic heterocycles. The van der Waals surface area contributed by atoms with Crippen LogP contribution in [0.3, 0.4) is 0 Å². The van der Waals surface area contributed by atoms with Crippen LogP contribution in [-0.2, 0) is 0 Å². The fraction of sp³-hybridized carbons (Fsp3) is 0.222. The van der Waals surface area contributed by atoms with Gasteiger partial charge in [0.05, 0.1) is 0 Å². The quantitative estimate of drug-likeness (QED) is 0.741. The number of hydrogen-bond donors (Lipinski definition) is 2. The Labute approximate surface area is 125 Å². The zero-order chi connectivity index (χ0) is 14.8. The summed E-state index contributed by atoms with van der Waals surface area (Å²) in [5, 5.41) is 4.79. The summed E-state index contributed by atoms with van der Waals surface area (Å²) in [6.07, 6.45) is 1.97. The number of aromatic amines is 1. The van der Waals surface area contributed by atoms with Gasteiger partial charge in [0.25, 0.3) is 0 Å². The molecule has 108 valence electrons. The molecule has 0 radical (unpaired) electrons. The molecule has 0 fully saturated rings. The molecule has 0 aliphatic carbocycles. The fourth-order valence-corrected chi connectivity index (χ4v) is 2.54. The molecule has 0 bridgehead atoms. The van der Waals surface area contributed by atoms with Crippen LogP contribution in [0.2, 0.25) is 0 Å². The van der Waals surface area contributed by atoms with E-state index in [0.717, 1.165) is 5.69 Å². The highest BCUT2D eigenvalue weighted by atomic mass is 15.1. The maximum atomic E-state index is 3.56. The van der Waals surface area contributed by atoms with Crippen LogP contribution < -0.4 is 10.2 Å². The van der Waals surface area contributed by atoms with Gasteiger partial charge in [-0.2, -0.15) is 0 Å². The first-order chi connectivity index (χ1) is 10.1. The largest absolute Gasteiger partial charge is 0.379 e. The van der Waals surface area contributed by atoms with E-state index in [4.69, 9.17) is 0 Å². The van der Waals surface area contributed by atoms with Crippen molar-refractivity contribution < 1.29 is 0 Å². The van der Waals surface area contributed by atoms with E-state index in [1.165, 1.54) is 22.2 Å². The van der Waals surface area contributed by atoms with Crippen molar-refractivity contribution in [3.05, 3.63) is 60.3 Å². The van der Waals surface area contributed by atoms with E-state index >= 15 is 0 Å². The average molecular weight is 279 g/mol. The molecule has 0 aliphatic heterocycles. The number of fused-ring (bicyclic) bond motifs is 1. The minimum absolute atomic E-state index is 0.276. The average Bonchev–Trinajstić information content (AvgIpc) is 2.95. The van der Waals surface area contributed by atoms with Crippen molar-refractivity contribution in [1.82, 2.24) is 4.98 Å². The number of benzene rings is 2. The van der Waals surface area contributed by atoms with Crippen molar-refractivity contribution in [2.75, 3.05) is 24.3 Å². The molecule has 1 heterocycles. The highest BCUT2D eigenvalue weighted by Crippen LogP contribution is 2.24. The van der Waals surface area contributed by atoms with Crippen molar-refractivity contribution in [2.24, 2.45) is 0 Å². The third kappa shape index (κ3) is 2.87. The van der Waals surface area contributed by atoms with Crippen LogP contribution in [0.15, 0.2) is 54.7 Å². The second-order valence-corrected chi connectivity index (χ2v) is 5.63. The van der Waals surface area contributed by atoms with E-state index in [1.807, 2.05) is 6.20 Å². The molecule has 0 spiro atoms. The van der Waals surface area contributed by atoms with Gasteiger partial charge in [0, 0.05) is 48.6 Å². The summed E-state index contributed by atoms with van der Waals surface area (Å²) < 4.78 is 0. The summed E-state index contributed by atoms with van der Waals surface area (Å²) in [7, 11) is 4.12. The van der Waals surface area contributed by atoms with E-state index < -0.39 is 0 Å². The Morgan fingerprint density at radius 2 is 1.76 bits per heavy atom. The Kier molecular flexibility index (Phi) is 3.57. The molecule has 0 saturated carbocycles. The van der Waals surface area contributed by atoms with Crippen molar-refractivity contribution in [1.29, 1.82) is 0 Å². The van der Waals surface area contributed by atoms with Crippen molar-refractivity contribution >= 4 is 22.3 Å². The lowest BCUT2D eigenvalue weighted by molar-refractivity contribution is 0.884. The molecule has 0 amide bonds. The van der Waals surface area contributed by atoms with E-state index in [-0.39, 0.29) is 6.04 Å². The Balaban J connectivity index is 1.76. The Hall–Kier alpha value is -2.42. The van der Waals surface area contributed by atoms with E-state index in [0.29, 0.717) is 0 Å². The van der Waals surface area contributed by atoms with Gasteiger partial charge >= 0.3 is 0 Å². The molecule has 3 heteroatoms. The summed E-state index contributed by atoms with van der Waals surface area (Å²) in [4.78, 5) is 5.33. The Morgan fingerprint density at radius 1 is 1.00 bits per heavy atom. The molecule has 3 nitrogen and oxygen atoms in total. The van der Waals surface area contributed by atoms with Gasteiger partial charge in [0.1, 0.15) is 0 Å². The van der Waals surface area contributed by atoms with Crippen molar-refractivity contribution in [3.8, 4) is 0 Å². The van der Waals surface area contributed by atoms with Crippen LogP contribution in [0.25, 0.3) is 10.9 Å². The first kappa shape index (κ1) is 13.6. The van der Waals surface area contributed by atoms with Gasteiger partial charge in [0.15, 0.2) is 0 Å². The maximum absolute atomic E-state index is 3.56. The predicted molar refractivity (Wildman–Crippen MR) is 91.1 cm³/mol. The van der Waals surface area contributed by atoms with Crippen LogP contribution in [0.4, 0.5) is 11.4 Å². The molecule has 2 N–H and O–H groups in total. The van der Waals surface area contributed by atoms with Gasteiger partial charge in [-0.15, -0.1) is 0 Å². The maximum Gasteiger partial charge on any atom is 0.0485 e. The van der Waals surface area contributed by atoms with E-state index in [1.54, 1.807) is 0 Å². The third-order valence-electron chi connectivity index (χ3n) is 3.85. The number of aromatic nitrogens is 1. The monoisotopic (exact) mass is 279 g/mol. The number of nitrogens with one attached hydrogen (secondary N) is 2. The van der Waals surface area contributed by atoms with E-state index in [9.17, 15) is 0 Å². The topological polar surface area (TPSA) is 31.1 Å². The zero-order valence-electron chi connectivity index (χ0n) is 12.7. The van der Waals surface area contributed by atoms with Crippen LogP contribution in [0.1, 0.15) is 18.5 Å². The second-order valence-electron chi connectivity index (χ2n) is 5.63. The summed E-state index contributed by atoms with van der Waals surface area (Å²) in [6, 6.07) is 17.4. The van der Waals surface area contributed by atoms with Crippen molar-refractivity contribution in [3.63, 3.8) is 0 Å². The molecule has 3 rings (SSSR count). The lowest BCUT2D eigenvalue weighted by Crippen LogP contribution is -2.10. The molecule has 21 heavy (non-hydrogen) atoms. The molecule has 1 unspecified atom stereocenters. The summed E-state index contributed by atoms with van der Waals surface area (Å²) in [5.74, 6) is 0. The lowest BCUT2D eigenvalue weighted by Gasteiger charge is -2.18. The van der Waals surface area contributed by atoms with Gasteiger partial charge in [-0.05, 0) is 48.9 Å². The van der Waals surface area contributed by atoms with E-state index in [2.05, 4.69) is 84.8 Å². The Bertz CT molecular complexity index is 726. The third-order valence-corrected chi connectivity index (χ3v) is 3.85. The van der Waals surface area contributed by atoms with Crippen molar-refractivity contribution in [2.45, 2.75) is 13.0 Å². The lowest BCUT2D eigenvalue weighted by atomic mass is 10.1. The smallest absolute Gasteiger partial charge is 0.0485 e. The van der Waals surface area contributed by atoms with Crippen LogP contribution in [0, 0.1) is 0 Å². The molecule has 0 saturated heterocycles. The highest BCUT2D eigenvalue weighted by molar-refractivity contribution is 5.83. The van der Waals surface area contributed by atoms with Crippen LogP contribution >= 0.6 is 0 Å². The molecular formula is C18H21N3. The molecular weight excluding hydrogens is 258 g/mol. The Morgan fingerprint density at radius 3 is 2.48 bits per heavy atom. The number of anilines is 2. The minimum Gasteiger partial charge on any atom is -0.379 e. The molecule has 0 aliphatic rings. The number of hydrogen-bond acceptors (Lipinski definition) is 2. The molecule has 1 atom stereocenters. The second kappa shape index (κ2) is 5.52. The molecule has 3 aromatic rings. The number of rotatable bonds is 4. The first-order valence-corrected chi connectivity index (χ1v) is 7.24. The SMILES string of the molecule is CC(Nc1ccc2[nH]ccc2c1)c1ccc(N(C)C)cc1. The standard InChI is InChI=1S/C18H21N3/c1-13(14-4-7-17(8-5-14)21(2)3)20-16-6-9-18-15(12-16)10-11-19-18/h4-13,19-20H,1-3H3. The number of nitrogens with zero attached hydrogens (tertiary/aromatic N) is 1. The highest BCUT2D eigenvalue weighted by Gasteiger charge is 2.06. The van der Waals surface area contributed by atoms with Crippen LogP contribution in [-0.4, -0.2) is 19.1 Å². The minimum atomic E-state index is 0.276. The predicted octanol–water partition coefficient (Wildman–Crippen LogP) is 4.41. The van der Waals surface area contributed by atoms with Crippen LogP contribution in [0.5, 0.6) is 0 Å². The van der Waals surface area contributed by atoms with Gasteiger partial charge in [0.2, 0.25) is 0 Å². The molecule has 2 aromatic carbocycles. The van der Waals surface area contributed by atoms with Gasteiger partial charge < -0.3 is 15.2 Å². The summed E-state index contributed by atoms with van der Waals surface area (Å²) >= 11 is 0. The van der Waals surface area contributed by atoms with Gasteiger partial charge in [-0.3, -0.25) is 0 Å². The summed E-state index contributed by atoms with van der Waals surface area (Å²) in [5.41, 5.74) is 4.82. The first-order valence-electron chi connectivity index (χ1n) is 7.24. The summed E-state index contributed by atoms with van der Waals surface area (Å²) in [6.45, 7) is 2.19. The zero-order valence-corrected chi connectivity index (χ0v) is 12.7. The fourth-order valence-electron chi connectivity index (χ4n) is 2.54. The van der Waals surface area contributed by atoms with Gasteiger partial charge in [-0.25, -0.2) is 0 Å².